The van der Waals surface area contributed by atoms with Crippen LogP contribution in [0.3, 0.4) is 0 Å². The van der Waals surface area contributed by atoms with Gasteiger partial charge >= 0.3 is 0 Å². The van der Waals surface area contributed by atoms with Crippen molar-refractivity contribution in [2.45, 2.75) is 40.2 Å². The molecule has 0 aliphatic rings. The molecule has 6 nitrogen and oxygen atoms in total. The molecule has 0 aliphatic carbocycles. The number of Topliss-reactive ketones (excluding diaryl/α,β-unsaturated/α-hetero) is 2. The molecule has 0 radical (unpaired) electrons. The van der Waals surface area contributed by atoms with Crippen molar-refractivity contribution < 1.29 is 24.2 Å². The summed E-state index contributed by atoms with van der Waals surface area (Å²) in [5.41, 5.74) is 0. The van der Waals surface area contributed by atoms with Gasteiger partial charge in [0.25, 0.3) is 5.91 Å². The van der Waals surface area contributed by atoms with Crippen LogP contribution in [0.1, 0.15) is 34.1 Å². The molecule has 1 aromatic rings. The number of nitrogens with one attached hydrogen (secondary N) is 1. The molecule has 0 aliphatic heterocycles. The van der Waals surface area contributed by atoms with Gasteiger partial charge in [0.05, 0.1) is 6.04 Å². The van der Waals surface area contributed by atoms with E-state index in [1.165, 1.54) is 24.3 Å². The molecule has 2 N–H and O–H groups in total. The maximum Gasteiger partial charge on any atom is 0.258 e. The number of rotatable bonds is 9. The second-order valence-electron chi connectivity index (χ2n) is 6.28. The number of carbonyl (C=O) groups excluding carboxylic acids is 3. The lowest BCUT2D eigenvalue weighted by atomic mass is 9.94. The second-order valence-corrected chi connectivity index (χ2v) is 6.28. The molecule has 1 atom stereocenters. The number of carbonyl (C=O) groups is 3. The Hall–Kier alpha value is -2.37. The van der Waals surface area contributed by atoms with Gasteiger partial charge in [-0.25, -0.2) is 0 Å². The van der Waals surface area contributed by atoms with Gasteiger partial charge in [-0.1, -0.05) is 27.7 Å². The maximum absolute atomic E-state index is 12.2. The summed E-state index contributed by atoms with van der Waals surface area (Å²) >= 11 is 0. The highest BCUT2D eigenvalue weighted by molar-refractivity contribution is 5.95. The predicted molar refractivity (Wildman–Crippen MR) is 89.8 cm³/mol. The van der Waals surface area contributed by atoms with Crippen LogP contribution in [-0.2, 0) is 14.4 Å². The lowest BCUT2D eigenvalue weighted by Crippen LogP contribution is -2.46. The highest BCUT2D eigenvalue weighted by Gasteiger charge is 2.26. The van der Waals surface area contributed by atoms with E-state index in [1.54, 1.807) is 27.7 Å². The normalized spacial score (nSPS) is 12.1. The summed E-state index contributed by atoms with van der Waals surface area (Å²) in [5.74, 6) is -0.685. The molecule has 0 aromatic heterocycles. The van der Waals surface area contributed by atoms with Gasteiger partial charge in [-0.2, -0.15) is 0 Å². The van der Waals surface area contributed by atoms with Gasteiger partial charge in [0.2, 0.25) is 0 Å². The monoisotopic (exact) mass is 335 g/mol. The lowest BCUT2D eigenvalue weighted by molar-refractivity contribution is -0.133. The first kappa shape index (κ1) is 19.7. The molecule has 0 spiro atoms. The molecule has 6 heteroatoms. The number of hydrogen-bond donors (Lipinski definition) is 2. The zero-order valence-corrected chi connectivity index (χ0v) is 14.5. The van der Waals surface area contributed by atoms with Gasteiger partial charge in [-0.05, 0) is 24.3 Å². The molecule has 0 heterocycles. The van der Waals surface area contributed by atoms with Crippen molar-refractivity contribution in [3.8, 4) is 11.5 Å². The number of hydrogen-bond acceptors (Lipinski definition) is 5. The average Bonchev–Trinajstić information content (AvgIpc) is 2.52. The van der Waals surface area contributed by atoms with Crippen LogP contribution in [0.5, 0.6) is 11.5 Å². The second kappa shape index (κ2) is 9.05. The van der Waals surface area contributed by atoms with Gasteiger partial charge in [-0.3, -0.25) is 14.4 Å². The van der Waals surface area contributed by atoms with E-state index in [9.17, 15) is 19.5 Å². The van der Waals surface area contributed by atoms with Crippen molar-refractivity contribution in [2.75, 3.05) is 6.61 Å². The predicted octanol–water partition coefficient (Wildman–Crippen LogP) is 2.10. The molecule has 0 bridgehead atoms. The molecule has 1 rings (SSSR count). The number of ether oxygens (including phenoxy) is 1. The van der Waals surface area contributed by atoms with E-state index in [0.717, 1.165) is 0 Å². The Bertz CT molecular complexity index is 578. The fourth-order valence-corrected chi connectivity index (χ4v) is 1.99. The van der Waals surface area contributed by atoms with E-state index in [0.29, 0.717) is 5.75 Å². The Labute approximate surface area is 142 Å². The quantitative estimate of drug-likeness (QED) is 0.721. The van der Waals surface area contributed by atoms with Crippen LogP contribution in [-0.4, -0.2) is 35.2 Å². The van der Waals surface area contributed by atoms with Crippen molar-refractivity contribution in [3.63, 3.8) is 0 Å². The number of benzene rings is 1. The third-order valence-electron chi connectivity index (χ3n) is 3.50. The van der Waals surface area contributed by atoms with Crippen molar-refractivity contribution >= 4 is 17.5 Å². The first-order valence-corrected chi connectivity index (χ1v) is 7.98. The first-order chi connectivity index (χ1) is 11.2. The lowest BCUT2D eigenvalue weighted by Gasteiger charge is -2.20. The molecule has 1 aromatic carbocycles. The smallest absolute Gasteiger partial charge is 0.258 e. The van der Waals surface area contributed by atoms with Gasteiger partial charge in [-0.15, -0.1) is 0 Å². The van der Waals surface area contributed by atoms with Crippen LogP contribution in [0.25, 0.3) is 0 Å². The molecule has 0 fully saturated rings. The largest absolute Gasteiger partial charge is 0.508 e. The zero-order chi connectivity index (χ0) is 18.3. The number of amides is 1. The number of ketones is 2. The van der Waals surface area contributed by atoms with E-state index in [-0.39, 0.29) is 42.2 Å². The van der Waals surface area contributed by atoms with Gasteiger partial charge < -0.3 is 15.2 Å². The Morgan fingerprint density at radius 1 is 1.04 bits per heavy atom. The molecular formula is C18H25NO5. The van der Waals surface area contributed by atoms with Crippen LogP contribution < -0.4 is 10.1 Å². The van der Waals surface area contributed by atoms with Crippen LogP contribution in [0.4, 0.5) is 0 Å². The molecule has 132 valence electrons. The summed E-state index contributed by atoms with van der Waals surface area (Å²) < 4.78 is 5.30. The van der Waals surface area contributed by atoms with E-state index >= 15 is 0 Å². The molecule has 1 unspecified atom stereocenters. The molecular weight excluding hydrogens is 310 g/mol. The van der Waals surface area contributed by atoms with Crippen LogP contribution >= 0.6 is 0 Å². The van der Waals surface area contributed by atoms with E-state index in [4.69, 9.17) is 4.74 Å². The van der Waals surface area contributed by atoms with Crippen LogP contribution in [0, 0.1) is 11.8 Å². The zero-order valence-electron chi connectivity index (χ0n) is 14.5. The van der Waals surface area contributed by atoms with E-state index in [1.807, 2.05) is 0 Å². The first-order valence-electron chi connectivity index (χ1n) is 7.98. The average molecular weight is 335 g/mol. The molecule has 1 amide bonds. The number of phenols is 1. The summed E-state index contributed by atoms with van der Waals surface area (Å²) in [5, 5.41) is 11.8. The fraction of sp³-hybridized carbons (Fsp3) is 0.500. The van der Waals surface area contributed by atoms with Gasteiger partial charge in [0.15, 0.2) is 12.4 Å². The summed E-state index contributed by atoms with van der Waals surface area (Å²) in [4.78, 5) is 36.2. The van der Waals surface area contributed by atoms with E-state index < -0.39 is 11.9 Å². The number of phenolic OH excluding ortho intramolecular Hbond substituents is 1. The Balaban J connectivity index is 2.63. The molecule has 24 heavy (non-hydrogen) atoms. The summed E-state index contributed by atoms with van der Waals surface area (Å²) in [7, 11) is 0. The summed E-state index contributed by atoms with van der Waals surface area (Å²) in [6.07, 6.45) is -0.0143. The van der Waals surface area contributed by atoms with Crippen molar-refractivity contribution in [3.05, 3.63) is 24.3 Å². The highest BCUT2D eigenvalue weighted by atomic mass is 16.5. The molecule has 0 saturated carbocycles. The third kappa shape index (κ3) is 6.40. The minimum absolute atomic E-state index is 0.0143. The number of aromatic hydroxyl groups is 1. The minimum Gasteiger partial charge on any atom is -0.508 e. The van der Waals surface area contributed by atoms with Crippen molar-refractivity contribution in [1.82, 2.24) is 5.32 Å². The van der Waals surface area contributed by atoms with Gasteiger partial charge in [0, 0.05) is 18.3 Å². The van der Waals surface area contributed by atoms with Crippen molar-refractivity contribution in [2.24, 2.45) is 11.8 Å². The standard InChI is InChI=1S/C18H25NO5/c1-11(2)16(21)9-15(18(23)12(3)4)19-17(22)10-24-14-7-5-13(20)6-8-14/h5-8,11-12,15,20H,9-10H2,1-4H3,(H,19,22). The Morgan fingerprint density at radius 3 is 2.12 bits per heavy atom. The topological polar surface area (TPSA) is 92.7 Å². The molecule has 0 saturated heterocycles. The summed E-state index contributed by atoms with van der Waals surface area (Å²) in [6.45, 7) is 6.70. The Kier molecular flexibility index (Phi) is 7.42. The summed E-state index contributed by atoms with van der Waals surface area (Å²) in [6, 6.07) is 5.11. The highest BCUT2D eigenvalue weighted by Crippen LogP contribution is 2.15. The fourth-order valence-electron chi connectivity index (χ4n) is 1.99. The third-order valence-corrected chi connectivity index (χ3v) is 3.50. The maximum atomic E-state index is 12.2. The van der Waals surface area contributed by atoms with E-state index in [2.05, 4.69) is 5.32 Å². The van der Waals surface area contributed by atoms with Crippen molar-refractivity contribution in [1.29, 1.82) is 0 Å². The Morgan fingerprint density at radius 2 is 1.62 bits per heavy atom. The van der Waals surface area contributed by atoms with Crippen LogP contribution in [0.2, 0.25) is 0 Å². The SMILES string of the molecule is CC(C)C(=O)CC(NC(=O)COc1ccc(O)cc1)C(=O)C(C)C. The van der Waals surface area contributed by atoms with Crippen LogP contribution in [0.15, 0.2) is 24.3 Å². The van der Waals surface area contributed by atoms with Gasteiger partial charge in [0.1, 0.15) is 17.3 Å². The minimum atomic E-state index is -0.837.